The molecule has 0 bridgehead atoms. The summed E-state index contributed by atoms with van der Waals surface area (Å²) < 4.78 is 1.68. The first-order valence-electron chi connectivity index (χ1n) is 4.34. The number of hydrogen-bond donors (Lipinski definition) is 2. The highest BCUT2D eigenvalue weighted by Gasteiger charge is 2.10. The summed E-state index contributed by atoms with van der Waals surface area (Å²) in [4.78, 5) is 14.2. The fourth-order valence-electron chi connectivity index (χ4n) is 1.32. The highest BCUT2D eigenvalue weighted by atomic mass is 16.1. The minimum Gasteiger partial charge on any atom is -0.298 e. The van der Waals surface area contributed by atoms with Crippen molar-refractivity contribution in [2.75, 3.05) is 5.32 Å². The lowest BCUT2D eigenvalue weighted by Gasteiger charge is -1.93. The number of carbonyl (C=O) groups excluding carboxylic acids is 1. The summed E-state index contributed by atoms with van der Waals surface area (Å²) in [7, 11) is 1.81. The largest absolute Gasteiger partial charge is 0.298 e. The molecule has 2 aromatic rings. The second kappa shape index (κ2) is 3.52. The minimum atomic E-state index is 0.318. The number of H-pyrrole nitrogens is 1. The molecule has 2 heterocycles. The number of hydrogen-bond acceptors (Lipinski definition) is 4. The molecular weight excluding hydrogens is 196 g/mol. The van der Waals surface area contributed by atoms with E-state index in [0.29, 0.717) is 18.2 Å². The third-order valence-corrected chi connectivity index (χ3v) is 1.91. The van der Waals surface area contributed by atoms with Gasteiger partial charge in [0.15, 0.2) is 0 Å². The average molecular weight is 206 g/mol. The first kappa shape index (κ1) is 9.38. The van der Waals surface area contributed by atoms with E-state index in [9.17, 15) is 4.79 Å². The average Bonchev–Trinajstić information content (AvgIpc) is 2.73. The van der Waals surface area contributed by atoms with E-state index >= 15 is 0 Å². The van der Waals surface area contributed by atoms with Crippen LogP contribution in [0.25, 0.3) is 11.5 Å². The number of nitrogens with zero attached hydrogens (tertiary/aromatic N) is 4. The molecule has 7 heteroatoms. The van der Waals surface area contributed by atoms with E-state index in [1.807, 2.05) is 20.0 Å². The molecule has 0 atom stereocenters. The molecule has 78 valence electrons. The maximum absolute atomic E-state index is 10.2. The zero-order chi connectivity index (χ0) is 10.8. The second-order valence-corrected chi connectivity index (χ2v) is 3.06. The summed E-state index contributed by atoms with van der Waals surface area (Å²) in [5.74, 6) is 0.821. The number of aromatic nitrogens is 5. The predicted octanol–water partition coefficient (Wildman–Crippen LogP) is 0.0819. The van der Waals surface area contributed by atoms with Crippen molar-refractivity contribution in [2.24, 2.45) is 7.05 Å². The van der Waals surface area contributed by atoms with Gasteiger partial charge >= 0.3 is 0 Å². The molecule has 1 amide bonds. The Morgan fingerprint density at radius 1 is 1.60 bits per heavy atom. The molecule has 0 aromatic carbocycles. The predicted molar refractivity (Wildman–Crippen MR) is 53.0 cm³/mol. The molecule has 15 heavy (non-hydrogen) atoms. The van der Waals surface area contributed by atoms with Gasteiger partial charge in [0.25, 0.3) is 0 Å². The third-order valence-electron chi connectivity index (χ3n) is 1.91. The number of rotatable bonds is 3. The minimum absolute atomic E-state index is 0.318. The molecule has 0 aliphatic carbocycles. The van der Waals surface area contributed by atoms with E-state index in [2.05, 4.69) is 25.6 Å². The lowest BCUT2D eigenvalue weighted by Crippen LogP contribution is -1.96. The van der Waals surface area contributed by atoms with Gasteiger partial charge in [0.2, 0.25) is 18.2 Å². The zero-order valence-electron chi connectivity index (χ0n) is 8.35. The standard InChI is InChI=1S/C8H10N6O/c1-5-3-6(14(2)13-5)7-10-8(9-4-15)12-11-7/h3-4H,1-2H3,(H2,9,10,11,12,15). The van der Waals surface area contributed by atoms with Crippen LogP contribution in [0, 0.1) is 6.92 Å². The van der Waals surface area contributed by atoms with E-state index in [4.69, 9.17) is 0 Å². The first-order chi connectivity index (χ1) is 7.20. The highest BCUT2D eigenvalue weighted by molar-refractivity contribution is 5.67. The number of carbonyl (C=O) groups is 1. The number of nitrogens with one attached hydrogen (secondary N) is 2. The molecule has 0 fully saturated rings. The number of aromatic amines is 1. The summed E-state index contributed by atoms with van der Waals surface area (Å²) in [5, 5.41) is 13.1. The van der Waals surface area contributed by atoms with Gasteiger partial charge in [-0.3, -0.25) is 14.8 Å². The summed E-state index contributed by atoms with van der Waals surface area (Å²) in [6.45, 7) is 1.89. The fourth-order valence-corrected chi connectivity index (χ4v) is 1.32. The highest BCUT2D eigenvalue weighted by Crippen LogP contribution is 2.15. The molecular formula is C8H10N6O. The van der Waals surface area contributed by atoms with Crippen LogP contribution >= 0.6 is 0 Å². The second-order valence-electron chi connectivity index (χ2n) is 3.06. The van der Waals surface area contributed by atoms with E-state index in [1.165, 1.54) is 0 Å². The van der Waals surface area contributed by atoms with Crippen LogP contribution < -0.4 is 5.32 Å². The van der Waals surface area contributed by atoms with Crippen LogP contribution in [-0.4, -0.2) is 31.4 Å². The van der Waals surface area contributed by atoms with Crippen molar-refractivity contribution in [3.63, 3.8) is 0 Å². The smallest absolute Gasteiger partial charge is 0.225 e. The molecule has 0 radical (unpaired) electrons. The number of aryl methyl sites for hydroxylation is 2. The lowest BCUT2D eigenvalue weighted by molar-refractivity contribution is -0.105. The van der Waals surface area contributed by atoms with Gasteiger partial charge in [-0.2, -0.15) is 15.2 Å². The Balaban J connectivity index is 2.36. The van der Waals surface area contributed by atoms with Crippen LogP contribution in [0.4, 0.5) is 5.95 Å². The first-order valence-corrected chi connectivity index (χ1v) is 4.34. The van der Waals surface area contributed by atoms with Crippen molar-refractivity contribution in [3.05, 3.63) is 11.8 Å². The van der Waals surface area contributed by atoms with E-state index in [0.717, 1.165) is 11.4 Å². The Hall–Kier alpha value is -2.18. The van der Waals surface area contributed by atoms with Gasteiger partial charge in [-0.15, -0.1) is 0 Å². The normalized spacial score (nSPS) is 10.3. The molecule has 2 aromatic heterocycles. The molecule has 0 aliphatic heterocycles. The molecule has 0 saturated heterocycles. The zero-order valence-corrected chi connectivity index (χ0v) is 8.35. The van der Waals surface area contributed by atoms with Gasteiger partial charge < -0.3 is 0 Å². The Bertz CT molecular complexity index is 485. The Morgan fingerprint density at radius 2 is 2.40 bits per heavy atom. The Morgan fingerprint density at radius 3 is 3.00 bits per heavy atom. The van der Waals surface area contributed by atoms with Crippen LogP contribution in [0.2, 0.25) is 0 Å². The quantitative estimate of drug-likeness (QED) is 0.696. The van der Waals surface area contributed by atoms with Gasteiger partial charge in [-0.05, 0) is 13.0 Å². The van der Waals surface area contributed by atoms with Crippen molar-refractivity contribution in [3.8, 4) is 11.5 Å². The summed E-state index contributed by atoms with van der Waals surface area (Å²) in [5.41, 5.74) is 1.69. The Labute approximate surface area is 85.5 Å². The van der Waals surface area contributed by atoms with Crippen molar-refractivity contribution in [1.29, 1.82) is 0 Å². The van der Waals surface area contributed by atoms with Crippen molar-refractivity contribution in [1.82, 2.24) is 25.0 Å². The monoisotopic (exact) mass is 206 g/mol. The third kappa shape index (κ3) is 1.71. The van der Waals surface area contributed by atoms with Gasteiger partial charge in [-0.25, -0.2) is 5.10 Å². The summed E-state index contributed by atoms with van der Waals surface area (Å²) in [6.07, 6.45) is 0.540. The SMILES string of the molecule is Cc1cc(-c2n[nH]c(NC=O)n2)n(C)n1. The van der Waals surface area contributed by atoms with Gasteiger partial charge in [0.1, 0.15) is 5.69 Å². The van der Waals surface area contributed by atoms with Gasteiger partial charge in [-0.1, -0.05) is 0 Å². The maximum atomic E-state index is 10.2. The van der Waals surface area contributed by atoms with Crippen LogP contribution in [0.1, 0.15) is 5.69 Å². The molecule has 2 rings (SSSR count). The van der Waals surface area contributed by atoms with Crippen LogP contribution in [-0.2, 0) is 11.8 Å². The van der Waals surface area contributed by atoms with Crippen LogP contribution in [0.15, 0.2) is 6.07 Å². The number of anilines is 1. The lowest BCUT2D eigenvalue weighted by atomic mass is 10.3. The van der Waals surface area contributed by atoms with Gasteiger partial charge in [0, 0.05) is 7.05 Å². The summed E-state index contributed by atoms with van der Waals surface area (Å²) >= 11 is 0. The molecule has 0 aliphatic rings. The van der Waals surface area contributed by atoms with E-state index in [1.54, 1.807) is 4.68 Å². The topological polar surface area (TPSA) is 88.5 Å². The van der Waals surface area contributed by atoms with Gasteiger partial charge in [0.05, 0.1) is 5.69 Å². The molecule has 7 nitrogen and oxygen atoms in total. The van der Waals surface area contributed by atoms with E-state index in [-0.39, 0.29) is 0 Å². The molecule has 0 unspecified atom stereocenters. The number of amides is 1. The molecule has 0 spiro atoms. The van der Waals surface area contributed by atoms with Crippen molar-refractivity contribution >= 4 is 12.4 Å². The fraction of sp³-hybridized carbons (Fsp3) is 0.250. The van der Waals surface area contributed by atoms with Crippen LogP contribution in [0.5, 0.6) is 0 Å². The molecule has 0 saturated carbocycles. The van der Waals surface area contributed by atoms with Crippen molar-refractivity contribution in [2.45, 2.75) is 6.92 Å². The van der Waals surface area contributed by atoms with Crippen molar-refractivity contribution < 1.29 is 4.79 Å². The maximum Gasteiger partial charge on any atom is 0.225 e. The summed E-state index contributed by atoms with van der Waals surface area (Å²) in [6, 6.07) is 1.87. The molecule has 2 N–H and O–H groups in total. The Kier molecular flexibility index (Phi) is 2.20. The van der Waals surface area contributed by atoms with Crippen LogP contribution in [0.3, 0.4) is 0 Å². The van der Waals surface area contributed by atoms with E-state index < -0.39 is 0 Å².